The number of nitrogens with two attached hydrogens (primary N) is 1. The number of hydrogen-bond acceptors (Lipinski definition) is 3. The Morgan fingerprint density at radius 2 is 2.00 bits per heavy atom. The van der Waals surface area contributed by atoms with Crippen molar-refractivity contribution in [1.82, 2.24) is 0 Å². The van der Waals surface area contributed by atoms with Crippen LogP contribution in [0.1, 0.15) is 42.6 Å². The van der Waals surface area contributed by atoms with Crippen molar-refractivity contribution in [3.63, 3.8) is 0 Å². The van der Waals surface area contributed by atoms with Crippen LogP contribution < -0.4 is 5.73 Å². The summed E-state index contributed by atoms with van der Waals surface area (Å²) in [6, 6.07) is 5.80. The fourth-order valence-corrected chi connectivity index (χ4v) is 2.29. The van der Waals surface area contributed by atoms with Gasteiger partial charge in [-0.2, -0.15) is 0 Å². The third-order valence-corrected chi connectivity index (χ3v) is 3.32. The number of phosphoric ester groups is 1. The van der Waals surface area contributed by atoms with Gasteiger partial charge in [0.2, 0.25) is 0 Å². The van der Waals surface area contributed by atoms with E-state index < -0.39 is 13.9 Å². The molecule has 0 aliphatic rings. The molecule has 18 heavy (non-hydrogen) atoms. The second-order valence-corrected chi connectivity index (χ2v) is 5.78. The Balaban J connectivity index is 3.12. The Bertz CT molecular complexity index is 455. The molecule has 0 radical (unpaired) electrons. The second-order valence-electron chi connectivity index (χ2n) is 4.59. The Labute approximate surface area is 107 Å². The molecule has 0 spiro atoms. The van der Waals surface area contributed by atoms with E-state index in [4.69, 9.17) is 20.0 Å². The summed E-state index contributed by atoms with van der Waals surface area (Å²) in [5.74, 6) is 0.331. The van der Waals surface area contributed by atoms with Crippen molar-refractivity contribution in [2.45, 2.75) is 32.8 Å². The molecule has 1 aromatic carbocycles. The van der Waals surface area contributed by atoms with E-state index in [1.54, 1.807) is 0 Å². The SMILES string of the molecule is Cc1ccc(C(C)C)cc1C(CN)OP(=O)(O)O. The first-order chi connectivity index (χ1) is 8.24. The number of benzene rings is 1. The smallest absolute Gasteiger partial charge is 0.328 e. The van der Waals surface area contributed by atoms with Gasteiger partial charge in [0.25, 0.3) is 0 Å². The van der Waals surface area contributed by atoms with E-state index in [2.05, 4.69) is 13.8 Å². The van der Waals surface area contributed by atoms with Crippen molar-refractivity contribution in [3.05, 3.63) is 34.9 Å². The summed E-state index contributed by atoms with van der Waals surface area (Å²) in [4.78, 5) is 17.8. The molecule has 1 rings (SSSR count). The van der Waals surface area contributed by atoms with Crippen LogP contribution in [0.4, 0.5) is 0 Å². The fraction of sp³-hybridized carbons (Fsp3) is 0.500. The van der Waals surface area contributed by atoms with Crippen LogP contribution in [-0.4, -0.2) is 16.3 Å². The highest BCUT2D eigenvalue weighted by molar-refractivity contribution is 7.46. The summed E-state index contributed by atoms with van der Waals surface area (Å²) in [5.41, 5.74) is 8.26. The van der Waals surface area contributed by atoms with Crippen molar-refractivity contribution in [3.8, 4) is 0 Å². The van der Waals surface area contributed by atoms with Gasteiger partial charge in [-0.15, -0.1) is 0 Å². The molecule has 6 heteroatoms. The summed E-state index contributed by atoms with van der Waals surface area (Å²) >= 11 is 0. The quantitative estimate of drug-likeness (QED) is 0.715. The first-order valence-electron chi connectivity index (χ1n) is 5.79. The normalized spacial score (nSPS) is 13.9. The van der Waals surface area contributed by atoms with Gasteiger partial charge in [0.05, 0.1) is 0 Å². The molecular weight excluding hydrogens is 253 g/mol. The van der Waals surface area contributed by atoms with Crippen LogP contribution in [0, 0.1) is 6.92 Å². The molecule has 0 bridgehead atoms. The van der Waals surface area contributed by atoms with Gasteiger partial charge in [0, 0.05) is 6.54 Å². The van der Waals surface area contributed by atoms with Crippen LogP contribution in [0.15, 0.2) is 18.2 Å². The highest BCUT2D eigenvalue weighted by Gasteiger charge is 2.24. The Hall–Kier alpha value is -0.710. The molecule has 0 saturated heterocycles. The molecule has 0 fully saturated rings. The molecule has 0 amide bonds. The van der Waals surface area contributed by atoms with Crippen molar-refractivity contribution >= 4 is 7.82 Å². The zero-order valence-corrected chi connectivity index (χ0v) is 11.7. The third-order valence-electron chi connectivity index (χ3n) is 2.80. The molecular formula is C12H20NO4P. The number of rotatable bonds is 5. The van der Waals surface area contributed by atoms with Gasteiger partial charge in [-0.25, -0.2) is 4.57 Å². The molecule has 0 saturated carbocycles. The Morgan fingerprint density at radius 3 is 2.44 bits per heavy atom. The molecule has 5 nitrogen and oxygen atoms in total. The monoisotopic (exact) mass is 273 g/mol. The van der Waals surface area contributed by atoms with Gasteiger partial charge in [-0.05, 0) is 29.5 Å². The maximum Gasteiger partial charge on any atom is 0.470 e. The van der Waals surface area contributed by atoms with Gasteiger partial charge < -0.3 is 15.5 Å². The van der Waals surface area contributed by atoms with Crippen LogP contribution >= 0.6 is 7.82 Å². The molecule has 102 valence electrons. The van der Waals surface area contributed by atoms with Crippen LogP contribution in [0.3, 0.4) is 0 Å². The number of aryl methyl sites for hydroxylation is 1. The fourth-order valence-electron chi connectivity index (χ4n) is 1.76. The van der Waals surface area contributed by atoms with Gasteiger partial charge in [-0.3, -0.25) is 4.52 Å². The highest BCUT2D eigenvalue weighted by atomic mass is 31.2. The minimum absolute atomic E-state index is 0.0213. The second kappa shape index (κ2) is 5.95. The first kappa shape index (κ1) is 15.3. The van der Waals surface area contributed by atoms with E-state index in [-0.39, 0.29) is 6.54 Å². The molecule has 4 N–H and O–H groups in total. The predicted octanol–water partition coefficient (Wildman–Crippen LogP) is 2.23. The number of hydrogen-bond donors (Lipinski definition) is 3. The van der Waals surface area contributed by atoms with Crippen LogP contribution in [0.5, 0.6) is 0 Å². The van der Waals surface area contributed by atoms with E-state index in [0.717, 1.165) is 16.7 Å². The lowest BCUT2D eigenvalue weighted by atomic mass is 9.95. The lowest BCUT2D eigenvalue weighted by molar-refractivity contribution is 0.138. The van der Waals surface area contributed by atoms with E-state index in [1.165, 1.54) is 0 Å². The zero-order chi connectivity index (χ0) is 13.9. The largest absolute Gasteiger partial charge is 0.470 e. The summed E-state index contributed by atoms with van der Waals surface area (Å²) in [5, 5.41) is 0. The lowest BCUT2D eigenvalue weighted by Gasteiger charge is -2.20. The molecule has 1 unspecified atom stereocenters. The summed E-state index contributed by atoms with van der Waals surface area (Å²) in [7, 11) is -4.54. The Morgan fingerprint density at radius 1 is 1.39 bits per heavy atom. The predicted molar refractivity (Wildman–Crippen MR) is 70.2 cm³/mol. The van der Waals surface area contributed by atoms with Gasteiger partial charge in [0.1, 0.15) is 6.10 Å². The highest BCUT2D eigenvalue weighted by Crippen LogP contribution is 2.42. The Kier molecular flexibility index (Phi) is 5.08. The van der Waals surface area contributed by atoms with E-state index in [9.17, 15) is 4.57 Å². The summed E-state index contributed by atoms with van der Waals surface area (Å²) in [6.07, 6.45) is -0.787. The van der Waals surface area contributed by atoms with Crippen LogP contribution in [0.25, 0.3) is 0 Å². The molecule has 0 aromatic heterocycles. The van der Waals surface area contributed by atoms with Crippen molar-refractivity contribution in [1.29, 1.82) is 0 Å². The molecule has 0 heterocycles. The molecule has 0 aliphatic carbocycles. The van der Waals surface area contributed by atoms with Gasteiger partial charge in [0.15, 0.2) is 0 Å². The van der Waals surface area contributed by atoms with Crippen molar-refractivity contribution < 1.29 is 18.9 Å². The average Bonchev–Trinajstić information content (AvgIpc) is 2.25. The first-order valence-corrected chi connectivity index (χ1v) is 7.32. The summed E-state index contributed by atoms with van der Waals surface area (Å²) < 4.78 is 15.7. The van der Waals surface area contributed by atoms with Crippen LogP contribution in [-0.2, 0) is 9.09 Å². The van der Waals surface area contributed by atoms with Crippen molar-refractivity contribution in [2.75, 3.05) is 6.54 Å². The van der Waals surface area contributed by atoms with Crippen molar-refractivity contribution in [2.24, 2.45) is 5.73 Å². The average molecular weight is 273 g/mol. The van der Waals surface area contributed by atoms with E-state index in [1.807, 2.05) is 25.1 Å². The van der Waals surface area contributed by atoms with Gasteiger partial charge in [-0.1, -0.05) is 32.0 Å². The maximum absolute atomic E-state index is 10.9. The summed E-state index contributed by atoms with van der Waals surface area (Å²) in [6.45, 7) is 5.99. The number of phosphoric acid groups is 1. The standard InChI is InChI=1S/C12H20NO4P/c1-8(2)10-5-4-9(3)11(6-10)12(7-13)17-18(14,15)16/h4-6,8,12H,7,13H2,1-3H3,(H2,14,15,16). The third kappa shape index (κ3) is 4.19. The van der Waals surface area contributed by atoms with Crippen LogP contribution in [0.2, 0.25) is 0 Å². The zero-order valence-electron chi connectivity index (χ0n) is 10.8. The minimum atomic E-state index is -4.54. The lowest BCUT2D eigenvalue weighted by Crippen LogP contribution is -2.16. The molecule has 1 aromatic rings. The van der Waals surface area contributed by atoms with E-state index >= 15 is 0 Å². The molecule has 0 aliphatic heterocycles. The maximum atomic E-state index is 10.9. The minimum Gasteiger partial charge on any atom is -0.328 e. The topological polar surface area (TPSA) is 92.8 Å². The molecule has 1 atom stereocenters. The van der Waals surface area contributed by atoms with Gasteiger partial charge >= 0.3 is 7.82 Å². The van der Waals surface area contributed by atoms with E-state index in [0.29, 0.717) is 5.92 Å².